The lowest BCUT2D eigenvalue weighted by atomic mass is 10.0. The van der Waals surface area contributed by atoms with Crippen LogP contribution in [0.4, 0.5) is 5.69 Å². The molecule has 0 aliphatic heterocycles. The van der Waals surface area contributed by atoms with Crippen LogP contribution in [-0.2, 0) is 4.79 Å². The summed E-state index contributed by atoms with van der Waals surface area (Å²) in [5, 5.41) is 11.6. The van der Waals surface area contributed by atoms with Gasteiger partial charge < -0.3 is 14.7 Å². The number of hydrogen-bond donors (Lipinski definition) is 3. The third-order valence-corrected chi connectivity index (χ3v) is 7.08. The summed E-state index contributed by atoms with van der Waals surface area (Å²) in [7, 11) is 0. The lowest BCUT2D eigenvalue weighted by molar-refractivity contribution is -0.119. The fourth-order valence-electron chi connectivity index (χ4n) is 5.15. The molecule has 0 saturated heterocycles. The predicted octanol–water partition coefficient (Wildman–Crippen LogP) is 5.95. The number of hydrogen-bond acceptors (Lipinski definition) is 6. The first-order valence-corrected chi connectivity index (χ1v) is 12.3. The molecule has 37 heavy (non-hydrogen) atoms. The Morgan fingerprint density at radius 2 is 1.95 bits per heavy atom. The van der Waals surface area contributed by atoms with E-state index in [-0.39, 0.29) is 11.8 Å². The van der Waals surface area contributed by atoms with Gasteiger partial charge in [-0.15, -0.1) is 0 Å². The first-order valence-electron chi connectivity index (χ1n) is 12.3. The Morgan fingerprint density at radius 1 is 1.03 bits per heavy atom. The zero-order chi connectivity index (χ0) is 24.8. The van der Waals surface area contributed by atoms with Crippen molar-refractivity contribution in [2.75, 3.05) is 5.32 Å². The van der Waals surface area contributed by atoms with E-state index in [1.54, 1.807) is 31.1 Å². The number of furan rings is 1. The van der Waals surface area contributed by atoms with Crippen molar-refractivity contribution in [3.8, 4) is 33.8 Å². The molecule has 0 radical (unpaired) electrons. The van der Waals surface area contributed by atoms with Gasteiger partial charge in [-0.3, -0.25) is 14.9 Å². The number of pyridine rings is 2. The molecule has 0 spiro atoms. The van der Waals surface area contributed by atoms with Gasteiger partial charge in [0.1, 0.15) is 5.69 Å². The molecule has 1 aliphatic carbocycles. The number of imidazole rings is 1. The summed E-state index contributed by atoms with van der Waals surface area (Å²) in [6.45, 7) is 0. The molecule has 1 fully saturated rings. The van der Waals surface area contributed by atoms with Gasteiger partial charge in [0, 0.05) is 40.4 Å². The van der Waals surface area contributed by atoms with Gasteiger partial charge in [-0.2, -0.15) is 5.10 Å². The molecule has 7 rings (SSSR count). The van der Waals surface area contributed by atoms with Crippen LogP contribution in [0, 0.1) is 5.92 Å². The summed E-state index contributed by atoms with van der Waals surface area (Å²) >= 11 is 0. The number of carbonyl (C=O) groups is 1. The van der Waals surface area contributed by atoms with E-state index in [1.807, 2.05) is 30.3 Å². The van der Waals surface area contributed by atoms with Crippen molar-refractivity contribution in [1.29, 1.82) is 0 Å². The van der Waals surface area contributed by atoms with E-state index in [1.165, 1.54) is 0 Å². The number of rotatable bonds is 5. The SMILES string of the molecule is O=C(Nc1cncc(-c2ccc3[nH]nc(-c4nc5nccc(-c6ccoc6)c5[nH]4)c3c2)c1)C1CCCC1. The van der Waals surface area contributed by atoms with Crippen LogP contribution in [0.3, 0.4) is 0 Å². The van der Waals surface area contributed by atoms with E-state index >= 15 is 0 Å². The van der Waals surface area contributed by atoms with Gasteiger partial charge in [0.25, 0.3) is 0 Å². The fraction of sp³-hybridized carbons (Fsp3) is 0.179. The van der Waals surface area contributed by atoms with E-state index in [0.29, 0.717) is 22.9 Å². The second kappa shape index (κ2) is 8.70. The smallest absolute Gasteiger partial charge is 0.227 e. The molecule has 1 amide bonds. The summed E-state index contributed by atoms with van der Waals surface area (Å²) in [4.78, 5) is 29.5. The number of anilines is 1. The molecular formula is C28H23N7O2. The quantitative estimate of drug-likeness (QED) is 0.275. The van der Waals surface area contributed by atoms with Gasteiger partial charge in [-0.1, -0.05) is 18.9 Å². The zero-order valence-electron chi connectivity index (χ0n) is 19.9. The lowest BCUT2D eigenvalue weighted by Gasteiger charge is -2.11. The maximum Gasteiger partial charge on any atom is 0.227 e. The second-order valence-electron chi connectivity index (χ2n) is 9.42. The van der Waals surface area contributed by atoms with Crippen molar-refractivity contribution in [2.24, 2.45) is 5.92 Å². The Morgan fingerprint density at radius 3 is 2.81 bits per heavy atom. The molecule has 1 aromatic carbocycles. The van der Waals surface area contributed by atoms with Gasteiger partial charge in [0.15, 0.2) is 11.5 Å². The number of H-pyrrole nitrogens is 2. The molecule has 0 atom stereocenters. The molecule has 9 heteroatoms. The van der Waals surface area contributed by atoms with Crippen molar-refractivity contribution < 1.29 is 9.21 Å². The van der Waals surface area contributed by atoms with Gasteiger partial charge in [-0.05, 0) is 48.7 Å². The standard InChI is InChI=1S/C28H23N7O2/c36-28(16-3-1-2-4-16)31-20-11-19(13-29-14-20)17-5-6-23-22(12-17)25(35-34-23)27-32-24-21(18-8-10-37-15-18)7-9-30-26(24)33-27/h5-16H,1-4H2,(H,31,36)(H,34,35)(H,30,32,33). The number of amides is 1. The molecule has 1 saturated carbocycles. The predicted molar refractivity (Wildman–Crippen MR) is 140 cm³/mol. The van der Waals surface area contributed by atoms with Crippen molar-refractivity contribution in [1.82, 2.24) is 30.1 Å². The lowest BCUT2D eigenvalue weighted by Crippen LogP contribution is -2.20. The summed E-state index contributed by atoms with van der Waals surface area (Å²) in [6.07, 6.45) is 12.7. The highest BCUT2D eigenvalue weighted by atomic mass is 16.3. The van der Waals surface area contributed by atoms with Gasteiger partial charge in [0.05, 0.1) is 35.4 Å². The summed E-state index contributed by atoms with van der Waals surface area (Å²) < 4.78 is 5.26. The van der Waals surface area contributed by atoms with Crippen LogP contribution in [0.1, 0.15) is 25.7 Å². The molecule has 0 unspecified atom stereocenters. The minimum Gasteiger partial charge on any atom is -0.472 e. The van der Waals surface area contributed by atoms with Crippen LogP contribution in [0.5, 0.6) is 0 Å². The van der Waals surface area contributed by atoms with Crippen LogP contribution in [0.2, 0.25) is 0 Å². The van der Waals surface area contributed by atoms with Gasteiger partial charge in [0.2, 0.25) is 5.91 Å². The van der Waals surface area contributed by atoms with Crippen LogP contribution >= 0.6 is 0 Å². The van der Waals surface area contributed by atoms with Crippen molar-refractivity contribution >= 4 is 33.7 Å². The van der Waals surface area contributed by atoms with E-state index < -0.39 is 0 Å². The average Bonchev–Trinajstić information content (AvgIpc) is 3.74. The van der Waals surface area contributed by atoms with E-state index in [9.17, 15) is 4.79 Å². The van der Waals surface area contributed by atoms with Gasteiger partial charge in [-0.25, -0.2) is 9.97 Å². The van der Waals surface area contributed by atoms with E-state index in [2.05, 4.69) is 36.5 Å². The molecule has 5 aromatic heterocycles. The highest BCUT2D eigenvalue weighted by molar-refractivity contribution is 5.98. The third-order valence-electron chi connectivity index (χ3n) is 7.08. The van der Waals surface area contributed by atoms with Crippen molar-refractivity contribution in [2.45, 2.75) is 25.7 Å². The Hall–Kier alpha value is -4.79. The number of benzene rings is 1. The Labute approximate surface area is 211 Å². The molecule has 1 aliphatic rings. The minimum atomic E-state index is 0.0808. The highest BCUT2D eigenvalue weighted by Gasteiger charge is 2.23. The Balaban J connectivity index is 1.25. The number of aromatic amines is 2. The van der Waals surface area contributed by atoms with E-state index in [4.69, 9.17) is 9.40 Å². The summed E-state index contributed by atoms with van der Waals surface area (Å²) in [5.74, 6) is 0.802. The number of fused-ring (bicyclic) bond motifs is 2. The third kappa shape index (κ3) is 3.85. The maximum absolute atomic E-state index is 12.6. The molecule has 182 valence electrons. The second-order valence-corrected chi connectivity index (χ2v) is 9.42. The molecule has 3 N–H and O–H groups in total. The van der Waals surface area contributed by atoms with Crippen molar-refractivity contribution in [3.63, 3.8) is 0 Å². The van der Waals surface area contributed by atoms with Crippen LogP contribution in [0.15, 0.2) is 71.9 Å². The Bertz CT molecular complexity index is 1740. The molecule has 9 nitrogen and oxygen atoms in total. The molecule has 5 heterocycles. The maximum atomic E-state index is 12.6. The average molecular weight is 490 g/mol. The van der Waals surface area contributed by atoms with Crippen LogP contribution in [0.25, 0.3) is 55.8 Å². The first kappa shape index (κ1) is 21.5. The zero-order valence-corrected chi connectivity index (χ0v) is 19.9. The summed E-state index contributed by atoms with van der Waals surface area (Å²) in [5.41, 5.74) is 7.51. The number of carbonyl (C=O) groups excluding carboxylic acids is 1. The molecular weight excluding hydrogens is 466 g/mol. The van der Waals surface area contributed by atoms with Crippen molar-refractivity contribution in [3.05, 3.63) is 67.5 Å². The Kier molecular flexibility index (Phi) is 5.05. The monoisotopic (exact) mass is 489 g/mol. The first-order chi connectivity index (χ1) is 18.2. The normalized spacial score (nSPS) is 14.1. The number of nitrogens with one attached hydrogen (secondary N) is 3. The minimum absolute atomic E-state index is 0.0808. The number of nitrogens with zero attached hydrogens (tertiary/aromatic N) is 4. The molecule has 0 bridgehead atoms. The van der Waals surface area contributed by atoms with Crippen LogP contribution < -0.4 is 5.32 Å². The largest absolute Gasteiger partial charge is 0.472 e. The van der Waals surface area contributed by atoms with Gasteiger partial charge >= 0.3 is 0 Å². The highest BCUT2D eigenvalue weighted by Crippen LogP contribution is 2.33. The fourth-order valence-corrected chi connectivity index (χ4v) is 5.15. The van der Waals surface area contributed by atoms with Crippen LogP contribution in [-0.4, -0.2) is 36.0 Å². The topological polar surface area (TPSA) is 125 Å². The van der Waals surface area contributed by atoms with E-state index in [0.717, 1.165) is 64.4 Å². The number of aromatic nitrogens is 6. The summed E-state index contributed by atoms with van der Waals surface area (Å²) in [6, 6.07) is 11.9. The molecule has 6 aromatic rings.